The van der Waals surface area contributed by atoms with Crippen LogP contribution in [0.3, 0.4) is 0 Å². The van der Waals surface area contributed by atoms with Crippen LogP contribution < -0.4 is 10.2 Å². The van der Waals surface area contributed by atoms with E-state index in [4.69, 9.17) is 0 Å². The third kappa shape index (κ3) is 3.20. The van der Waals surface area contributed by atoms with E-state index in [9.17, 15) is 4.79 Å². The van der Waals surface area contributed by atoms with Crippen LogP contribution in [-0.2, 0) is 0 Å². The zero-order valence-electron chi connectivity index (χ0n) is 14.6. The van der Waals surface area contributed by atoms with Crippen molar-refractivity contribution in [3.63, 3.8) is 0 Å². The minimum atomic E-state index is -0.0898. The number of carbonyl (C=O) groups excluding carboxylic acids is 1. The normalized spacial score (nSPS) is 13.5. The van der Waals surface area contributed by atoms with E-state index in [1.807, 2.05) is 54.6 Å². The number of rotatable bonds is 3. The summed E-state index contributed by atoms with van der Waals surface area (Å²) in [5, 5.41) is 3.11. The van der Waals surface area contributed by atoms with Crippen molar-refractivity contribution in [3.8, 4) is 0 Å². The number of amides is 2. The molecule has 3 aromatic carbocycles. The van der Waals surface area contributed by atoms with Gasteiger partial charge in [-0.2, -0.15) is 0 Å². The molecule has 0 spiro atoms. The highest BCUT2D eigenvalue weighted by atomic mass is 32.2. The lowest BCUT2D eigenvalue weighted by Gasteiger charge is -2.31. The highest BCUT2D eigenvalue weighted by molar-refractivity contribution is 7.99. The maximum atomic E-state index is 13.1. The van der Waals surface area contributed by atoms with Crippen LogP contribution in [0, 0.1) is 0 Å². The largest absolute Gasteiger partial charge is 0.337 e. The maximum Gasteiger partial charge on any atom is 0.326 e. The Kier molecular flexibility index (Phi) is 4.67. The topological polar surface area (TPSA) is 32.3 Å². The molecule has 4 rings (SSSR count). The highest BCUT2D eigenvalue weighted by Gasteiger charge is 2.27. The lowest BCUT2D eigenvalue weighted by molar-refractivity contribution is 0.248. The Balaban J connectivity index is 1.58. The van der Waals surface area contributed by atoms with Crippen LogP contribution in [0.4, 0.5) is 16.2 Å². The Morgan fingerprint density at radius 2 is 1.42 bits per heavy atom. The zero-order chi connectivity index (χ0) is 17.9. The number of carbonyl (C=O) groups is 1. The number of para-hydroxylation sites is 2. The average Bonchev–Trinajstić information content (AvgIpc) is 2.70. The van der Waals surface area contributed by atoms with Crippen LogP contribution in [0.2, 0.25) is 0 Å². The first-order chi connectivity index (χ1) is 12.7. The van der Waals surface area contributed by atoms with Gasteiger partial charge in [0.1, 0.15) is 0 Å². The Morgan fingerprint density at radius 3 is 2.04 bits per heavy atom. The number of nitrogens with zero attached hydrogens (tertiary/aromatic N) is 1. The smallest absolute Gasteiger partial charge is 0.326 e. The molecule has 26 heavy (non-hydrogen) atoms. The van der Waals surface area contributed by atoms with Crippen LogP contribution in [0.25, 0.3) is 0 Å². The fourth-order valence-electron chi connectivity index (χ4n) is 3.14. The lowest BCUT2D eigenvalue weighted by Crippen LogP contribution is -2.39. The predicted molar refractivity (Wildman–Crippen MR) is 107 cm³/mol. The van der Waals surface area contributed by atoms with Crippen LogP contribution in [-0.4, -0.2) is 12.6 Å². The van der Waals surface area contributed by atoms with Crippen LogP contribution in [0.1, 0.15) is 18.4 Å². The van der Waals surface area contributed by atoms with Crippen LogP contribution in [0.15, 0.2) is 88.7 Å². The summed E-state index contributed by atoms with van der Waals surface area (Å²) in [4.78, 5) is 17.0. The highest BCUT2D eigenvalue weighted by Crippen LogP contribution is 2.47. The molecule has 1 aliphatic rings. The molecule has 0 unspecified atom stereocenters. The second-order valence-corrected chi connectivity index (χ2v) is 7.45. The SMILES string of the molecule is C[C@@H](CNC(=O)N1c2ccccc2Sc2ccccc21)c1ccccc1. The van der Waals surface area contributed by atoms with Gasteiger partial charge in [-0.25, -0.2) is 4.79 Å². The van der Waals surface area contributed by atoms with Crippen molar-refractivity contribution in [2.24, 2.45) is 0 Å². The first kappa shape index (κ1) is 16.7. The molecule has 1 atom stereocenters. The van der Waals surface area contributed by atoms with E-state index in [0.29, 0.717) is 6.54 Å². The summed E-state index contributed by atoms with van der Waals surface area (Å²) in [6.07, 6.45) is 0. The van der Waals surface area contributed by atoms with Crippen molar-refractivity contribution in [3.05, 3.63) is 84.4 Å². The van der Waals surface area contributed by atoms with Gasteiger partial charge in [0, 0.05) is 16.3 Å². The number of hydrogen-bond acceptors (Lipinski definition) is 2. The van der Waals surface area contributed by atoms with Gasteiger partial charge in [0.2, 0.25) is 0 Å². The van der Waals surface area contributed by atoms with Gasteiger partial charge < -0.3 is 5.32 Å². The molecule has 1 aliphatic heterocycles. The van der Waals surface area contributed by atoms with E-state index in [1.165, 1.54) is 5.56 Å². The summed E-state index contributed by atoms with van der Waals surface area (Å²) in [6, 6.07) is 26.2. The van der Waals surface area contributed by atoms with E-state index in [0.717, 1.165) is 21.2 Å². The Morgan fingerprint density at radius 1 is 0.885 bits per heavy atom. The average molecular weight is 360 g/mol. The van der Waals surface area contributed by atoms with Crippen molar-refractivity contribution in [2.45, 2.75) is 22.6 Å². The second-order valence-electron chi connectivity index (χ2n) is 6.37. The fourth-order valence-corrected chi connectivity index (χ4v) is 4.20. The number of nitrogens with one attached hydrogen (secondary N) is 1. The van der Waals surface area contributed by atoms with Crippen LogP contribution >= 0.6 is 11.8 Å². The number of hydrogen-bond donors (Lipinski definition) is 1. The number of anilines is 2. The number of urea groups is 1. The van der Waals surface area contributed by atoms with E-state index in [1.54, 1.807) is 16.7 Å². The number of fused-ring (bicyclic) bond motifs is 2. The van der Waals surface area contributed by atoms with E-state index < -0.39 is 0 Å². The summed E-state index contributed by atoms with van der Waals surface area (Å²) in [7, 11) is 0. The summed E-state index contributed by atoms with van der Waals surface area (Å²) in [6.45, 7) is 2.72. The molecule has 130 valence electrons. The zero-order valence-corrected chi connectivity index (χ0v) is 15.4. The van der Waals surface area contributed by atoms with Crippen molar-refractivity contribution >= 4 is 29.2 Å². The Hall–Kier alpha value is -2.72. The van der Waals surface area contributed by atoms with Gasteiger partial charge in [-0.05, 0) is 35.7 Å². The summed E-state index contributed by atoms with van der Waals surface area (Å²) < 4.78 is 0. The minimum absolute atomic E-state index is 0.0898. The molecule has 0 bridgehead atoms. The quantitative estimate of drug-likeness (QED) is 0.640. The van der Waals surface area contributed by atoms with Crippen molar-refractivity contribution in [2.75, 3.05) is 11.4 Å². The Labute approximate surface area is 158 Å². The predicted octanol–water partition coefficient (Wildman–Crippen LogP) is 5.80. The molecule has 0 saturated heterocycles. The van der Waals surface area contributed by atoms with E-state index >= 15 is 0 Å². The summed E-state index contributed by atoms with van der Waals surface area (Å²) >= 11 is 1.70. The molecule has 1 heterocycles. The van der Waals surface area contributed by atoms with E-state index in [2.05, 4.69) is 36.5 Å². The van der Waals surface area contributed by atoms with Crippen LogP contribution in [0.5, 0.6) is 0 Å². The van der Waals surface area contributed by atoms with Gasteiger partial charge in [-0.1, -0.05) is 73.3 Å². The second kappa shape index (κ2) is 7.26. The van der Waals surface area contributed by atoms with Gasteiger partial charge in [-0.3, -0.25) is 4.90 Å². The standard InChI is InChI=1S/C22H20N2OS/c1-16(17-9-3-2-4-10-17)15-23-22(25)24-18-11-5-7-13-20(18)26-21-14-8-6-12-19(21)24/h2-14,16H,15H2,1H3,(H,23,25)/t16-/m0/s1. The molecule has 0 saturated carbocycles. The van der Waals surface area contributed by atoms with Gasteiger partial charge in [0.15, 0.2) is 0 Å². The van der Waals surface area contributed by atoms with Gasteiger partial charge in [0.25, 0.3) is 0 Å². The Bertz CT molecular complexity index is 881. The molecule has 0 aliphatic carbocycles. The first-order valence-corrected chi connectivity index (χ1v) is 9.54. The molecule has 3 nitrogen and oxygen atoms in total. The summed E-state index contributed by atoms with van der Waals surface area (Å²) in [5.74, 6) is 0.254. The molecule has 0 aromatic heterocycles. The molecule has 3 aromatic rings. The van der Waals surface area contributed by atoms with E-state index in [-0.39, 0.29) is 11.9 Å². The lowest BCUT2D eigenvalue weighted by atomic mass is 10.0. The third-order valence-electron chi connectivity index (χ3n) is 4.56. The van der Waals surface area contributed by atoms with Crippen molar-refractivity contribution in [1.82, 2.24) is 5.32 Å². The fraction of sp³-hybridized carbons (Fsp3) is 0.136. The van der Waals surface area contributed by atoms with Gasteiger partial charge in [-0.15, -0.1) is 0 Å². The third-order valence-corrected chi connectivity index (χ3v) is 5.69. The molecule has 0 fully saturated rings. The van der Waals surface area contributed by atoms with Gasteiger partial charge in [0.05, 0.1) is 11.4 Å². The molecule has 1 N–H and O–H groups in total. The monoisotopic (exact) mass is 360 g/mol. The molecular formula is C22H20N2OS. The molecular weight excluding hydrogens is 340 g/mol. The van der Waals surface area contributed by atoms with Crippen molar-refractivity contribution in [1.29, 1.82) is 0 Å². The molecule has 4 heteroatoms. The summed E-state index contributed by atoms with van der Waals surface area (Å²) in [5.41, 5.74) is 3.09. The molecule has 0 radical (unpaired) electrons. The first-order valence-electron chi connectivity index (χ1n) is 8.73. The van der Waals surface area contributed by atoms with Gasteiger partial charge >= 0.3 is 6.03 Å². The number of benzene rings is 3. The maximum absolute atomic E-state index is 13.1. The van der Waals surface area contributed by atoms with Crippen molar-refractivity contribution < 1.29 is 4.79 Å². The molecule has 2 amide bonds. The minimum Gasteiger partial charge on any atom is -0.337 e.